The molecule has 8 atom stereocenters. The summed E-state index contributed by atoms with van der Waals surface area (Å²) in [6, 6.07) is 7.90. The van der Waals surface area contributed by atoms with Crippen LogP contribution in [0.1, 0.15) is 76.7 Å². The number of amides is 1. The molecule has 1 heterocycles. The monoisotopic (exact) mass is 461 g/mol. The van der Waals surface area contributed by atoms with Gasteiger partial charge in [0.15, 0.2) is 5.78 Å². The number of halogens is 3. The van der Waals surface area contributed by atoms with Crippen molar-refractivity contribution in [2.24, 2.45) is 34.5 Å². The van der Waals surface area contributed by atoms with Crippen molar-refractivity contribution in [3.05, 3.63) is 35.9 Å². The molecule has 4 aliphatic rings. The Morgan fingerprint density at radius 1 is 0.970 bits per heavy atom. The van der Waals surface area contributed by atoms with Gasteiger partial charge in [0.1, 0.15) is 5.92 Å². The van der Waals surface area contributed by atoms with E-state index in [2.05, 4.69) is 19.2 Å². The van der Waals surface area contributed by atoms with Crippen molar-refractivity contribution in [2.45, 2.75) is 83.4 Å². The normalized spacial score (nSPS) is 41.4. The molecule has 3 aliphatic carbocycles. The number of piperidine rings is 1. The third-order valence-corrected chi connectivity index (χ3v) is 10.2. The first-order chi connectivity index (χ1) is 15.6. The second kappa shape index (κ2) is 7.84. The van der Waals surface area contributed by atoms with Crippen molar-refractivity contribution < 1.29 is 22.8 Å². The molecule has 1 amide bonds. The van der Waals surface area contributed by atoms with E-state index in [1.807, 2.05) is 0 Å². The minimum atomic E-state index is -4.59. The van der Waals surface area contributed by atoms with E-state index in [1.165, 1.54) is 12.1 Å². The Hall–Kier alpha value is -1.85. The van der Waals surface area contributed by atoms with Gasteiger partial charge in [-0.3, -0.25) is 9.59 Å². The number of ketones is 1. The molecule has 1 saturated heterocycles. The van der Waals surface area contributed by atoms with Crippen LogP contribution in [-0.2, 0) is 9.59 Å². The fourth-order valence-corrected chi connectivity index (χ4v) is 8.53. The lowest BCUT2D eigenvalue weighted by Crippen LogP contribution is -2.61. The van der Waals surface area contributed by atoms with E-state index in [-0.39, 0.29) is 34.3 Å². The highest BCUT2D eigenvalue weighted by molar-refractivity contribution is 5.89. The summed E-state index contributed by atoms with van der Waals surface area (Å²) in [5.41, 5.74) is -0.266. The molecule has 0 spiro atoms. The first kappa shape index (κ1) is 22.9. The molecule has 1 aromatic carbocycles. The lowest BCUT2D eigenvalue weighted by molar-refractivity contribution is -0.170. The van der Waals surface area contributed by atoms with E-state index in [0.29, 0.717) is 24.7 Å². The van der Waals surface area contributed by atoms with Crippen LogP contribution in [0.4, 0.5) is 13.2 Å². The number of rotatable bonds is 3. The van der Waals surface area contributed by atoms with Gasteiger partial charge in [-0.25, -0.2) is 0 Å². The fourth-order valence-electron chi connectivity index (χ4n) is 8.53. The van der Waals surface area contributed by atoms with E-state index in [1.54, 1.807) is 18.2 Å². The first-order valence-electron chi connectivity index (χ1n) is 12.5. The van der Waals surface area contributed by atoms with Gasteiger partial charge >= 0.3 is 6.18 Å². The largest absolute Gasteiger partial charge is 0.402 e. The second-order valence-electron chi connectivity index (χ2n) is 11.5. The summed E-state index contributed by atoms with van der Waals surface area (Å²) in [5, 5.41) is 3.22. The van der Waals surface area contributed by atoms with Gasteiger partial charge < -0.3 is 5.32 Å². The number of alkyl halides is 3. The molecule has 0 aromatic heterocycles. The maximum atomic E-state index is 14.1. The summed E-state index contributed by atoms with van der Waals surface area (Å²) in [7, 11) is 0. The molecule has 180 valence electrons. The average molecular weight is 462 g/mol. The third kappa shape index (κ3) is 3.54. The molecule has 1 aromatic rings. The van der Waals surface area contributed by atoms with Gasteiger partial charge in [-0.05, 0) is 79.1 Å². The lowest BCUT2D eigenvalue weighted by Gasteiger charge is -2.60. The number of hydrogen-bond donors (Lipinski definition) is 1. The molecule has 3 saturated carbocycles. The Labute approximate surface area is 193 Å². The quantitative estimate of drug-likeness (QED) is 0.597. The molecular weight excluding hydrogens is 427 g/mol. The van der Waals surface area contributed by atoms with Crippen LogP contribution in [0.2, 0.25) is 0 Å². The third-order valence-electron chi connectivity index (χ3n) is 10.2. The van der Waals surface area contributed by atoms with Gasteiger partial charge in [0.2, 0.25) is 5.91 Å². The van der Waals surface area contributed by atoms with Gasteiger partial charge in [0.05, 0.1) is 0 Å². The Balaban J connectivity index is 1.42. The van der Waals surface area contributed by atoms with Crippen LogP contribution in [-0.4, -0.2) is 23.9 Å². The number of Topliss-reactive ketones (excluding diaryl/α,β-unsaturated/α-hetero) is 1. The molecular formula is C27H34F3NO2. The van der Waals surface area contributed by atoms with Crippen molar-refractivity contribution in [3.8, 4) is 0 Å². The van der Waals surface area contributed by atoms with Crippen molar-refractivity contribution >= 4 is 11.7 Å². The molecule has 4 fully saturated rings. The van der Waals surface area contributed by atoms with Gasteiger partial charge in [0, 0.05) is 18.4 Å². The zero-order valence-corrected chi connectivity index (χ0v) is 19.5. The predicted octanol–water partition coefficient (Wildman–Crippen LogP) is 6.04. The molecule has 0 radical (unpaired) electrons. The van der Waals surface area contributed by atoms with E-state index in [4.69, 9.17) is 0 Å². The molecule has 5 rings (SSSR count). The molecule has 6 heteroatoms. The van der Waals surface area contributed by atoms with Gasteiger partial charge in [-0.15, -0.1) is 0 Å². The van der Waals surface area contributed by atoms with Crippen LogP contribution in [0.25, 0.3) is 0 Å². The highest BCUT2D eigenvalue weighted by Crippen LogP contribution is 2.66. The van der Waals surface area contributed by atoms with E-state index in [9.17, 15) is 22.8 Å². The van der Waals surface area contributed by atoms with Crippen molar-refractivity contribution in [2.75, 3.05) is 0 Å². The number of fused-ring (bicyclic) bond motifs is 5. The zero-order valence-electron chi connectivity index (χ0n) is 19.5. The highest BCUT2D eigenvalue weighted by Gasteiger charge is 2.63. The van der Waals surface area contributed by atoms with Crippen LogP contribution in [0.15, 0.2) is 30.3 Å². The minimum Gasteiger partial charge on any atom is -0.353 e. The van der Waals surface area contributed by atoms with Gasteiger partial charge in [-0.2, -0.15) is 13.2 Å². The number of hydrogen-bond acceptors (Lipinski definition) is 2. The van der Waals surface area contributed by atoms with Gasteiger partial charge in [-0.1, -0.05) is 44.2 Å². The second-order valence-corrected chi connectivity index (χ2v) is 11.5. The SMILES string of the molecule is C[C@]12CCC(=O)N[C@@H]1CC[C@@H]1[C@@H]2CC[C@]2(C)[C@@H](C(=O)C(c3ccccc3)C(F)(F)F)CC[C@@H]12. The fraction of sp³-hybridized carbons (Fsp3) is 0.704. The van der Waals surface area contributed by atoms with Crippen LogP contribution < -0.4 is 5.32 Å². The van der Waals surface area contributed by atoms with Crippen molar-refractivity contribution in [3.63, 3.8) is 0 Å². The van der Waals surface area contributed by atoms with E-state index < -0.39 is 23.8 Å². The highest BCUT2D eigenvalue weighted by atomic mass is 19.4. The standard InChI is InChI=1S/C27H34F3NO2/c1-25-14-12-19-17(8-11-21-26(19,2)15-13-22(32)31-21)18(25)9-10-20(25)24(33)23(27(28,29)30)16-6-4-3-5-7-16/h3-7,17-21,23H,8-15H2,1-2H3,(H,31,32)/t17-,18-,19-,20+,21+,23?,25-,26+/m0/s1. The van der Waals surface area contributed by atoms with Crippen LogP contribution in [0, 0.1) is 34.5 Å². The van der Waals surface area contributed by atoms with E-state index >= 15 is 0 Å². The Morgan fingerprint density at radius 3 is 2.36 bits per heavy atom. The summed E-state index contributed by atoms with van der Waals surface area (Å²) in [6.07, 6.45) is 1.91. The predicted molar refractivity (Wildman–Crippen MR) is 119 cm³/mol. The molecule has 1 aliphatic heterocycles. The van der Waals surface area contributed by atoms with E-state index in [0.717, 1.165) is 38.5 Å². The summed E-state index contributed by atoms with van der Waals surface area (Å²) >= 11 is 0. The molecule has 3 nitrogen and oxygen atoms in total. The maximum absolute atomic E-state index is 14.1. The van der Waals surface area contributed by atoms with Crippen molar-refractivity contribution in [1.82, 2.24) is 5.32 Å². The Morgan fingerprint density at radius 2 is 1.67 bits per heavy atom. The molecule has 1 N–H and O–H groups in total. The first-order valence-corrected chi connectivity index (χ1v) is 12.5. The summed E-state index contributed by atoms with van der Waals surface area (Å²) in [6.45, 7) is 4.40. The minimum absolute atomic E-state index is 0.0544. The number of benzene rings is 1. The molecule has 1 unspecified atom stereocenters. The summed E-state index contributed by atoms with van der Waals surface area (Å²) in [5.74, 6) is -1.91. The number of nitrogens with one attached hydrogen (secondary N) is 1. The van der Waals surface area contributed by atoms with Crippen LogP contribution in [0.5, 0.6) is 0 Å². The Bertz CT molecular complexity index is 931. The molecule has 33 heavy (non-hydrogen) atoms. The topological polar surface area (TPSA) is 46.2 Å². The van der Waals surface area contributed by atoms with Crippen LogP contribution >= 0.6 is 0 Å². The summed E-state index contributed by atoms with van der Waals surface area (Å²) in [4.78, 5) is 25.6. The van der Waals surface area contributed by atoms with Gasteiger partial charge in [0.25, 0.3) is 0 Å². The number of carbonyl (C=O) groups excluding carboxylic acids is 2. The van der Waals surface area contributed by atoms with Crippen LogP contribution in [0.3, 0.4) is 0 Å². The number of carbonyl (C=O) groups is 2. The maximum Gasteiger partial charge on any atom is 0.402 e. The zero-order chi connectivity index (χ0) is 23.6. The smallest absolute Gasteiger partial charge is 0.353 e. The Kier molecular flexibility index (Phi) is 5.45. The van der Waals surface area contributed by atoms with Crippen molar-refractivity contribution in [1.29, 1.82) is 0 Å². The summed E-state index contributed by atoms with van der Waals surface area (Å²) < 4.78 is 42.4. The lowest BCUT2D eigenvalue weighted by atomic mass is 9.46. The molecule has 0 bridgehead atoms. The average Bonchev–Trinajstić information content (AvgIpc) is 3.11.